The van der Waals surface area contributed by atoms with E-state index < -0.39 is 0 Å². The monoisotopic (exact) mass is 210 g/mol. The van der Waals surface area contributed by atoms with Gasteiger partial charge in [0, 0.05) is 0 Å². The highest BCUT2D eigenvalue weighted by atomic mass is 35.5. The molecule has 0 radical (unpaired) electrons. The third kappa shape index (κ3) is 1.75. The molecule has 2 aromatic rings. The topological polar surface area (TPSA) is 17.3 Å². The van der Waals surface area contributed by atoms with Crippen molar-refractivity contribution < 1.29 is 0 Å². The van der Waals surface area contributed by atoms with Crippen molar-refractivity contribution in [2.75, 3.05) is 0 Å². The van der Waals surface area contributed by atoms with Gasteiger partial charge >= 0.3 is 0 Å². The molecule has 3 heteroatoms. The number of aryl methyl sites for hydroxylation is 1. The predicted octanol–water partition coefficient (Wildman–Crippen LogP) is 3.63. The Morgan fingerprint density at radius 3 is 2.57 bits per heavy atom. The molecule has 2 heterocycles. The van der Waals surface area contributed by atoms with Crippen molar-refractivity contribution in [3.05, 3.63) is 34.9 Å². The highest BCUT2D eigenvalue weighted by Crippen LogP contribution is 2.20. The number of hydrogen-bond donors (Lipinski definition) is 0. The lowest BCUT2D eigenvalue weighted by Gasteiger charge is -2.04. The smallest absolute Gasteiger partial charge is 0.117 e. The molecule has 0 fully saturated rings. The molecule has 0 aromatic carbocycles. The second kappa shape index (κ2) is 4.47. The first-order chi connectivity index (χ1) is 6.70. The zero-order valence-corrected chi connectivity index (χ0v) is 9.76. The highest BCUT2D eigenvalue weighted by molar-refractivity contribution is 6.30. The highest BCUT2D eigenvalue weighted by Gasteiger charge is 2.04. The van der Waals surface area contributed by atoms with Crippen LogP contribution in [0.4, 0.5) is 0 Å². The van der Waals surface area contributed by atoms with Crippen LogP contribution < -0.4 is 0 Å². The van der Waals surface area contributed by atoms with Crippen LogP contribution in [0, 0.1) is 13.8 Å². The van der Waals surface area contributed by atoms with Crippen LogP contribution >= 0.6 is 11.6 Å². The Morgan fingerprint density at radius 1 is 1.29 bits per heavy atom. The summed E-state index contributed by atoms with van der Waals surface area (Å²) in [4.78, 5) is 4.02. The van der Waals surface area contributed by atoms with Gasteiger partial charge in [0.15, 0.2) is 0 Å². The van der Waals surface area contributed by atoms with Crippen molar-refractivity contribution in [2.45, 2.75) is 27.7 Å². The molecule has 0 N–H and O–H groups in total. The summed E-state index contributed by atoms with van der Waals surface area (Å²) in [5.74, 6) is 0. The number of pyridine rings is 1. The van der Waals surface area contributed by atoms with E-state index in [0.717, 1.165) is 16.2 Å². The predicted molar refractivity (Wildman–Crippen MR) is 61.0 cm³/mol. The van der Waals surface area contributed by atoms with E-state index in [2.05, 4.69) is 11.1 Å². The lowest BCUT2D eigenvalue weighted by atomic mass is 10.2. The Labute approximate surface area is 89.5 Å². The first kappa shape index (κ1) is 11.1. The van der Waals surface area contributed by atoms with E-state index in [1.165, 1.54) is 5.56 Å². The molecule has 2 aromatic heterocycles. The van der Waals surface area contributed by atoms with Crippen LogP contribution in [0.2, 0.25) is 5.15 Å². The molecule has 2 nitrogen and oxygen atoms in total. The molecular formula is C11H15ClN2. The number of hydrogen-bond acceptors (Lipinski definition) is 1. The molecule has 0 aliphatic carbocycles. The van der Waals surface area contributed by atoms with Crippen molar-refractivity contribution in [3.8, 4) is 0 Å². The summed E-state index contributed by atoms with van der Waals surface area (Å²) in [5.41, 5.74) is 3.36. The van der Waals surface area contributed by atoms with Gasteiger partial charge in [-0.2, -0.15) is 0 Å². The van der Waals surface area contributed by atoms with Gasteiger partial charge in [0.25, 0.3) is 0 Å². The summed E-state index contributed by atoms with van der Waals surface area (Å²) < 4.78 is 1.88. The molecule has 0 saturated heterocycles. The van der Waals surface area contributed by atoms with E-state index in [-0.39, 0.29) is 0 Å². The third-order valence-electron chi connectivity index (χ3n) is 2.14. The minimum absolute atomic E-state index is 0.752. The van der Waals surface area contributed by atoms with E-state index in [1.807, 2.05) is 32.1 Å². The van der Waals surface area contributed by atoms with Crippen molar-refractivity contribution in [3.63, 3.8) is 0 Å². The number of rotatable bonds is 0. The van der Waals surface area contributed by atoms with Crippen LogP contribution in [0.25, 0.3) is 5.52 Å². The Morgan fingerprint density at radius 2 is 1.93 bits per heavy atom. The third-order valence-corrected chi connectivity index (χ3v) is 2.61. The minimum Gasteiger partial charge on any atom is -0.289 e. The lowest BCUT2D eigenvalue weighted by Crippen LogP contribution is -1.91. The van der Waals surface area contributed by atoms with Gasteiger partial charge in [-0.25, -0.2) is 4.98 Å². The summed E-state index contributed by atoms with van der Waals surface area (Å²) in [5, 5.41) is 0.752. The zero-order chi connectivity index (χ0) is 10.7. The average molecular weight is 211 g/mol. The number of nitrogens with zero attached hydrogens (tertiary/aromatic N) is 2. The SMILES string of the molecule is CC.Cc1cc2cncn2c(Cl)c1C. The van der Waals surface area contributed by atoms with Gasteiger partial charge in [-0.15, -0.1) is 0 Å². The Hall–Kier alpha value is -1.02. The second-order valence-corrected chi connectivity index (χ2v) is 3.29. The molecule has 76 valence electrons. The summed E-state index contributed by atoms with van der Waals surface area (Å²) in [6.45, 7) is 8.06. The summed E-state index contributed by atoms with van der Waals surface area (Å²) in [6, 6.07) is 2.08. The second-order valence-electron chi connectivity index (χ2n) is 2.93. The maximum Gasteiger partial charge on any atom is 0.117 e. The zero-order valence-electron chi connectivity index (χ0n) is 9.00. The molecule has 0 spiro atoms. The molecule has 0 unspecified atom stereocenters. The fourth-order valence-corrected chi connectivity index (χ4v) is 1.54. The molecular weight excluding hydrogens is 196 g/mol. The number of aromatic nitrogens is 2. The number of fused-ring (bicyclic) bond motifs is 1. The van der Waals surface area contributed by atoms with Gasteiger partial charge in [-0.1, -0.05) is 25.4 Å². The van der Waals surface area contributed by atoms with Crippen molar-refractivity contribution in [2.24, 2.45) is 0 Å². The van der Waals surface area contributed by atoms with Crippen molar-refractivity contribution in [1.82, 2.24) is 9.38 Å². The van der Waals surface area contributed by atoms with Crippen molar-refractivity contribution in [1.29, 1.82) is 0 Å². The molecule has 0 aliphatic heterocycles. The fourth-order valence-electron chi connectivity index (χ4n) is 1.25. The van der Waals surface area contributed by atoms with Crippen LogP contribution in [0.1, 0.15) is 25.0 Å². The van der Waals surface area contributed by atoms with Crippen LogP contribution in [-0.2, 0) is 0 Å². The van der Waals surface area contributed by atoms with Crippen LogP contribution in [0.3, 0.4) is 0 Å². The Balaban J connectivity index is 0.000000461. The minimum atomic E-state index is 0.752. The van der Waals surface area contributed by atoms with Gasteiger partial charge < -0.3 is 0 Å². The van der Waals surface area contributed by atoms with Crippen LogP contribution in [0.15, 0.2) is 18.6 Å². The van der Waals surface area contributed by atoms with E-state index in [0.29, 0.717) is 0 Å². The normalized spacial score (nSPS) is 9.79. The standard InChI is InChI=1S/C9H9ClN2.C2H6/c1-6-3-8-4-11-5-12(8)9(10)7(6)2;1-2/h3-5H,1-2H3;1-2H3. The molecule has 2 rings (SSSR count). The van der Waals surface area contributed by atoms with E-state index in [1.54, 1.807) is 12.5 Å². The van der Waals surface area contributed by atoms with Gasteiger partial charge in [0.1, 0.15) is 11.5 Å². The van der Waals surface area contributed by atoms with Crippen molar-refractivity contribution >= 4 is 17.1 Å². The summed E-state index contributed by atoms with van der Waals surface area (Å²) in [7, 11) is 0. The van der Waals surface area contributed by atoms with E-state index in [9.17, 15) is 0 Å². The summed E-state index contributed by atoms with van der Waals surface area (Å²) in [6.07, 6.45) is 3.53. The lowest BCUT2D eigenvalue weighted by molar-refractivity contribution is 1.12. The van der Waals surface area contributed by atoms with E-state index in [4.69, 9.17) is 11.6 Å². The Kier molecular flexibility index (Phi) is 3.53. The van der Waals surface area contributed by atoms with Gasteiger partial charge in [-0.3, -0.25) is 4.40 Å². The van der Waals surface area contributed by atoms with Gasteiger partial charge in [0.05, 0.1) is 11.7 Å². The maximum atomic E-state index is 6.10. The molecule has 0 aliphatic rings. The van der Waals surface area contributed by atoms with E-state index >= 15 is 0 Å². The molecule has 0 saturated carbocycles. The molecule has 0 atom stereocenters. The molecule has 0 bridgehead atoms. The largest absolute Gasteiger partial charge is 0.289 e. The molecule has 0 amide bonds. The summed E-state index contributed by atoms with van der Waals surface area (Å²) >= 11 is 6.10. The quantitative estimate of drug-likeness (QED) is 0.607. The molecule has 14 heavy (non-hydrogen) atoms. The van der Waals surface area contributed by atoms with Gasteiger partial charge in [-0.05, 0) is 31.0 Å². The average Bonchev–Trinajstić information content (AvgIpc) is 2.65. The number of imidazole rings is 1. The first-order valence-corrected chi connectivity index (χ1v) is 5.15. The maximum absolute atomic E-state index is 6.10. The first-order valence-electron chi connectivity index (χ1n) is 4.78. The fraction of sp³-hybridized carbons (Fsp3) is 0.364. The van der Waals surface area contributed by atoms with Crippen LogP contribution in [0.5, 0.6) is 0 Å². The number of halogens is 1. The Bertz CT molecular complexity index is 432. The van der Waals surface area contributed by atoms with Crippen LogP contribution in [-0.4, -0.2) is 9.38 Å². The van der Waals surface area contributed by atoms with Gasteiger partial charge in [0.2, 0.25) is 0 Å².